The summed E-state index contributed by atoms with van der Waals surface area (Å²) in [4.78, 5) is 19.4. The topological polar surface area (TPSA) is 113 Å². The molecule has 0 aliphatic rings. The van der Waals surface area contributed by atoms with Gasteiger partial charge in [0.25, 0.3) is 0 Å². The van der Waals surface area contributed by atoms with Crippen molar-refractivity contribution in [2.45, 2.75) is 6.92 Å². The summed E-state index contributed by atoms with van der Waals surface area (Å²) in [5, 5.41) is 26.0. The fourth-order valence-electron chi connectivity index (χ4n) is 2.24. The SMILES string of the molecule is Cc1cc(Nc2nc(C(=O)O)cs2)nnc1Nc1nc2ccccc2s1. The number of carboxylic acid groups (broad SMARTS) is 1. The van der Waals surface area contributed by atoms with E-state index in [0.29, 0.717) is 16.8 Å². The van der Waals surface area contributed by atoms with Gasteiger partial charge in [0, 0.05) is 5.38 Å². The van der Waals surface area contributed by atoms with Crippen LogP contribution in [0.2, 0.25) is 0 Å². The van der Waals surface area contributed by atoms with E-state index in [1.807, 2.05) is 37.3 Å². The highest BCUT2D eigenvalue weighted by molar-refractivity contribution is 7.22. The molecule has 130 valence electrons. The van der Waals surface area contributed by atoms with Gasteiger partial charge in [0.05, 0.1) is 10.2 Å². The lowest BCUT2D eigenvalue weighted by Gasteiger charge is -2.07. The maximum atomic E-state index is 10.9. The van der Waals surface area contributed by atoms with Gasteiger partial charge in [-0.3, -0.25) is 0 Å². The number of hydrogen-bond donors (Lipinski definition) is 3. The van der Waals surface area contributed by atoms with Crippen molar-refractivity contribution in [1.82, 2.24) is 20.2 Å². The number of rotatable bonds is 5. The maximum Gasteiger partial charge on any atom is 0.355 e. The second kappa shape index (κ2) is 6.65. The van der Waals surface area contributed by atoms with E-state index in [9.17, 15) is 4.79 Å². The molecule has 3 N–H and O–H groups in total. The quantitative estimate of drug-likeness (QED) is 0.472. The van der Waals surface area contributed by atoms with E-state index in [1.165, 1.54) is 16.7 Å². The third kappa shape index (κ3) is 3.32. The van der Waals surface area contributed by atoms with Crippen LogP contribution in [-0.2, 0) is 0 Å². The van der Waals surface area contributed by atoms with E-state index in [1.54, 1.807) is 11.3 Å². The largest absolute Gasteiger partial charge is 0.476 e. The van der Waals surface area contributed by atoms with Gasteiger partial charge in [-0.05, 0) is 30.7 Å². The van der Waals surface area contributed by atoms with E-state index in [0.717, 1.165) is 20.9 Å². The molecule has 0 unspecified atom stereocenters. The Bertz CT molecular complexity index is 1070. The van der Waals surface area contributed by atoms with Crippen LogP contribution in [0.3, 0.4) is 0 Å². The fourth-order valence-corrected chi connectivity index (χ4v) is 3.79. The number of carboxylic acids is 1. The third-order valence-electron chi connectivity index (χ3n) is 3.46. The highest BCUT2D eigenvalue weighted by Gasteiger charge is 2.11. The van der Waals surface area contributed by atoms with Gasteiger partial charge in [-0.25, -0.2) is 14.8 Å². The van der Waals surface area contributed by atoms with Gasteiger partial charge in [-0.2, -0.15) is 0 Å². The zero-order valence-electron chi connectivity index (χ0n) is 13.4. The van der Waals surface area contributed by atoms with Crippen molar-refractivity contribution in [3.05, 3.63) is 47.0 Å². The van der Waals surface area contributed by atoms with Gasteiger partial charge in [-0.15, -0.1) is 21.5 Å². The molecule has 0 amide bonds. The molecule has 0 atom stereocenters. The molecule has 26 heavy (non-hydrogen) atoms. The smallest absolute Gasteiger partial charge is 0.355 e. The lowest BCUT2D eigenvalue weighted by Crippen LogP contribution is -2.02. The van der Waals surface area contributed by atoms with Gasteiger partial charge in [0.15, 0.2) is 27.6 Å². The first-order valence-electron chi connectivity index (χ1n) is 7.51. The van der Waals surface area contributed by atoms with Gasteiger partial charge >= 0.3 is 5.97 Å². The predicted molar refractivity (Wildman–Crippen MR) is 102 cm³/mol. The minimum Gasteiger partial charge on any atom is -0.476 e. The van der Waals surface area contributed by atoms with Crippen LogP contribution < -0.4 is 10.6 Å². The number of thiazole rings is 2. The van der Waals surface area contributed by atoms with Crippen molar-refractivity contribution in [2.75, 3.05) is 10.6 Å². The van der Waals surface area contributed by atoms with Crippen molar-refractivity contribution in [3.63, 3.8) is 0 Å². The van der Waals surface area contributed by atoms with Crippen LogP contribution in [0.15, 0.2) is 35.7 Å². The Morgan fingerprint density at radius 2 is 1.96 bits per heavy atom. The van der Waals surface area contributed by atoms with Crippen LogP contribution in [0.25, 0.3) is 10.2 Å². The summed E-state index contributed by atoms with van der Waals surface area (Å²) in [6.07, 6.45) is 0. The number of aromatic nitrogens is 4. The Kier molecular flexibility index (Phi) is 4.19. The first-order valence-corrected chi connectivity index (χ1v) is 9.21. The molecule has 4 aromatic rings. The zero-order chi connectivity index (χ0) is 18.1. The minimum atomic E-state index is -1.06. The monoisotopic (exact) mass is 384 g/mol. The molecule has 0 fully saturated rings. The molecular weight excluding hydrogens is 372 g/mol. The summed E-state index contributed by atoms with van der Waals surface area (Å²) in [5.41, 5.74) is 1.80. The molecule has 0 aliphatic heterocycles. The predicted octanol–water partition coefficient (Wildman–Crippen LogP) is 4.04. The maximum absolute atomic E-state index is 10.9. The molecule has 0 radical (unpaired) electrons. The number of hydrogen-bond acceptors (Lipinski definition) is 9. The van der Waals surface area contributed by atoms with E-state index < -0.39 is 5.97 Å². The molecule has 3 heterocycles. The molecule has 0 aliphatic carbocycles. The number of benzene rings is 1. The zero-order valence-corrected chi connectivity index (χ0v) is 15.1. The number of aryl methyl sites for hydroxylation is 1. The Morgan fingerprint density at radius 1 is 1.12 bits per heavy atom. The van der Waals surface area contributed by atoms with Crippen LogP contribution in [0.4, 0.5) is 21.9 Å². The molecule has 10 heteroatoms. The number of aromatic carboxylic acids is 1. The van der Waals surface area contributed by atoms with E-state index in [4.69, 9.17) is 5.11 Å². The summed E-state index contributed by atoms with van der Waals surface area (Å²) < 4.78 is 1.09. The summed E-state index contributed by atoms with van der Waals surface area (Å²) in [6.45, 7) is 1.90. The van der Waals surface area contributed by atoms with Gasteiger partial charge < -0.3 is 15.7 Å². The van der Waals surface area contributed by atoms with Crippen LogP contribution in [0, 0.1) is 6.92 Å². The number of anilines is 4. The van der Waals surface area contributed by atoms with E-state index >= 15 is 0 Å². The van der Waals surface area contributed by atoms with Crippen LogP contribution in [-0.4, -0.2) is 31.2 Å². The first-order chi connectivity index (χ1) is 12.6. The standard InChI is InChI=1S/C16H12N6O2S2/c1-8-6-12(19-15-18-10(7-25-15)14(23)24)21-22-13(8)20-16-17-9-4-2-3-5-11(9)26-16/h2-7H,1H3,(H,23,24)(H,17,20,22)(H,18,19,21). The van der Waals surface area contributed by atoms with Crippen LogP contribution in [0.1, 0.15) is 16.1 Å². The number of para-hydroxylation sites is 1. The normalized spacial score (nSPS) is 10.8. The van der Waals surface area contributed by atoms with Crippen molar-refractivity contribution in [2.24, 2.45) is 0 Å². The molecule has 3 aromatic heterocycles. The van der Waals surface area contributed by atoms with Crippen molar-refractivity contribution >= 4 is 60.8 Å². The average Bonchev–Trinajstić information content (AvgIpc) is 3.23. The summed E-state index contributed by atoms with van der Waals surface area (Å²) >= 11 is 2.74. The highest BCUT2D eigenvalue weighted by atomic mass is 32.1. The number of carbonyl (C=O) groups is 1. The Balaban J connectivity index is 1.52. The summed E-state index contributed by atoms with van der Waals surface area (Å²) in [6, 6.07) is 9.71. The molecule has 8 nitrogen and oxygen atoms in total. The van der Waals surface area contributed by atoms with Crippen LogP contribution in [0.5, 0.6) is 0 Å². The van der Waals surface area contributed by atoms with Crippen molar-refractivity contribution < 1.29 is 9.90 Å². The molecule has 0 saturated carbocycles. The summed E-state index contributed by atoms with van der Waals surface area (Å²) in [7, 11) is 0. The molecule has 4 rings (SSSR count). The molecule has 0 bridgehead atoms. The lowest BCUT2D eigenvalue weighted by atomic mass is 10.3. The minimum absolute atomic E-state index is 0.00342. The highest BCUT2D eigenvalue weighted by Crippen LogP contribution is 2.29. The molecule has 0 saturated heterocycles. The first kappa shape index (κ1) is 16.4. The third-order valence-corrected chi connectivity index (χ3v) is 5.17. The van der Waals surface area contributed by atoms with Gasteiger partial charge in [-0.1, -0.05) is 23.5 Å². The van der Waals surface area contributed by atoms with Crippen molar-refractivity contribution in [3.8, 4) is 0 Å². The second-order valence-corrected chi connectivity index (χ2v) is 7.23. The van der Waals surface area contributed by atoms with Crippen molar-refractivity contribution in [1.29, 1.82) is 0 Å². The number of nitrogens with zero attached hydrogens (tertiary/aromatic N) is 4. The molecular formula is C16H12N6O2S2. The molecule has 0 spiro atoms. The number of fused-ring (bicyclic) bond motifs is 1. The Labute approximate surface area is 155 Å². The Morgan fingerprint density at radius 3 is 2.69 bits per heavy atom. The van der Waals surface area contributed by atoms with E-state index in [-0.39, 0.29) is 5.69 Å². The second-order valence-electron chi connectivity index (χ2n) is 5.34. The lowest BCUT2D eigenvalue weighted by molar-refractivity contribution is 0.0691. The Hall–Kier alpha value is -3.11. The average molecular weight is 384 g/mol. The number of nitrogens with one attached hydrogen (secondary N) is 2. The fraction of sp³-hybridized carbons (Fsp3) is 0.0625. The molecule has 1 aromatic carbocycles. The summed E-state index contributed by atoms with van der Waals surface area (Å²) in [5.74, 6) is 0.0376. The van der Waals surface area contributed by atoms with E-state index in [2.05, 4.69) is 30.8 Å². The van der Waals surface area contributed by atoms with Gasteiger partial charge in [0.2, 0.25) is 0 Å². The van der Waals surface area contributed by atoms with Gasteiger partial charge in [0.1, 0.15) is 0 Å². The van der Waals surface area contributed by atoms with Crippen LogP contribution >= 0.6 is 22.7 Å².